The molecule has 2 N–H and O–H groups in total. The lowest BCUT2D eigenvalue weighted by atomic mass is 10.0. The monoisotopic (exact) mass is 257 g/mol. The van der Waals surface area contributed by atoms with E-state index >= 15 is 0 Å². The molecule has 98 valence electrons. The Kier molecular flexibility index (Phi) is 3.75. The largest absolute Gasteiger partial charge is 0.481 e. The number of hydrogen-bond donors (Lipinski definition) is 2. The van der Waals surface area contributed by atoms with Crippen LogP contribution in [-0.4, -0.2) is 21.0 Å². The Morgan fingerprint density at radius 3 is 2.53 bits per heavy atom. The number of nitrogens with zero attached hydrogens (tertiary/aromatic N) is 2. The van der Waals surface area contributed by atoms with Crippen molar-refractivity contribution < 1.29 is 9.90 Å². The van der Waals surface area contributed by atoms with Crippen LogP contribution in [0.3, 0.4) is 0 Å². The van der Waals surface area contributed by atoms with Gasteiger partial charge in [-0.25, -0.2) is 9.97 Å². The van der Waals surface area contributed by atoms with Crippen LogP contribution in [0.5, 0.6) is 0 Å². The lowest BCUT2D eigenvalue weighted by molar-refractivity contribution is -0.138. The van der Waals surface area contributed by atoms with Crippen molar-refractivity contribution in [3.8, 4) is 0 Å². The molecule has 5 nitrogen and oxygen atoms in total. The zero-order valence-corrected chi connectivity index (χ0v) is 10.8. The number of nitrogens with one attached hydrogen (secondary N) is 1. The molecule has 2 aromatic rings. The van der Waals surface area contributed by atoms with E-state index < -0.39 is 11.9 Å². The molecule has 19 heavy (non-hydrogen) atoms. The molecule has 1 aromatic heterocycles. The first-order chi connectivity index (χ1) is 9.06. The van der Waals surface area contributed by atoms with Crippen LogP contribution in [0.1, 0.15) is 24.1 Å². The number of anilines is 2. The zero-order valence-electron chi connectivity index (χ0n) is 10.8. The molecule has 0 fully saturated rings. The third kappa shape index (κ3) is 3.28. The minimum atomic E-state index is -0.827. The van der Waals surface area contributed by atoms with Crippen molar-refractivity contribution in [2.75, 3.05) is 5.32 Å². The second kappa shape index (κ2) is 5.48. The van der Waals surface area contributed by atoms with E-state index in [0.29, 0.717) is 5.82 Å². The number of aromatic nitrogens is 2. The van der Waals surface area contributed by atoms with Crippen LogP contribution in [0.4, 0.5) is 11.5 Å². The Labute approximate surface area is 111 Å². The van der Waals surface area contributed by atoms with E-state index in [0.717, 1.165) is 16.9 Å². The summed E-state index contributed by atoms with van der Waals surface area (Å²) >= 11 is 0. The number of hydrogen-bond acceptors (Lipinski definition) is 4. The molecule has 0 unspecified atom stereocenters. The van der Waals surface area contributed by atoms with Crippen molar-refractivity contribution in [1.82, 2.24) is 9.97 Å². The highest BCUT2D eigenvalue weighted by atomic mass is 16.4. The molecule has 1 atom stereocenters. The fourth-order valence-electron chi connectivity index (χ4n) is 1.67. The van der Waals surface area contributed by atoms with Crippen molar-refractivity contribution in [3.05, 3.63) is 47.9 Å². The third-order valence-electron chi connectivity index (χ3n) is 2.86. The van der Waals surface area contributed by atoms with E-state index in [1.807, 2.05) is 25.1 Å². The second-order valence-electron chi connectivity index (χ2n) is 4.35. The first kappa shape index (κ1) is 13.0. The Hall–Kier alpha value is -2.43. The van der Waals surface area contributed by atoms with Gasteiger partial charge in [0.25, 0.3) is 0 Å². The van der Waals surface area contributed by atoms with Crippen molar-refractivity contribution in [1.29, 1.82) is 0 Å². The van der Waals surface area contributed by atoms with Crippen LogP contribution in [0.25, 0.3) is 0 Å². The van der Waals surface area contributed by atoms with Crippen LogP contribution in [0, 0.1) is 6.92 Å². The molecule has 0 aliphatic heterocycles. The van der Waals surface area contributed by atoms with Crippen molar-refractivity contribution >= 4 is 17.5 Å². The van der Waals surface area contributed by atoms with Crippen molar-refractivity contribution in [3.63, 3.8) is 0 Å². The topological polar surface area (TPSA) is 75.1 Å². The summed E-state index contributed by atoms with van der Waals surface area (Å²) < 4.78 is 0. The molecule has 0 aliphatic carbocycles. The summed E-state index contributed by atoms with van der Waals surface area (Å²) in [4.78, 5) is 19.0. The number of aliphatic carboxylic acids is 1. The summed E-state index contributed by atoms with van der Waals surface area (Å²) in [6.45, 7) is 3.56. The SMILES string of the molecule is Cc1cc(Nc2ccc([C@@H](C)C(=O)O)cc2)ncn1. The van der Waals surface area contributed by atoms with Gasteiger partial charge in [-0.15, -0.1) is 0 Å². The van der Waals surface area contributed by atoms with Gasteiger partial charge >= 0.3 is 5.97 Å². The summed E-state index contributed by atoms with van der Waals surface area (Å²) in [7, 11) is 0. The van der Waals surface area contributed by atoms with Crippen LogP contribution < -0.4 is 5.32 Å². The Bertz CT molecular complexity index is 581. The molecule has 1 aromatic carbocycles. The average Bonchev–Trinajstić information content (AvgIpc) is 2.39. The first-order valence-corrected chi connectivity index (χ1v) is 5.94. The maximum Gasteiger partial charge on any atom is 0.310 e. The maximum atomic E-state index is 10.9. The molecule has 0 radical (unpaired) electrons. The second-order valence-corrected chi connectivity index (χ2v) is 4.35. The molecule has 0 saturated carbocycles. The van der Waals surface area contributed by atoms with Gasteiger partial charge in [0, 0.05) is 17.4 Å². The standard InChI is InChI=1S/C14H15N3O2/c1-9-7-13(16-8-15-9)17-12-5-3-11(4-6-12)10(2)14(18)19/h3-8,10H,1-2H3,(H,18,19)(H,15,16,17)/t10-/m1/s1. The zero-order chi connectivity index (χ0) is 13.8. The highest BCUT2D eigenvalue weighted by molar-refractivity contribution is 5.75. The average molecular weight is 257 g/mol. The van der Waals surface area contributed by atoms with E-state index in [1.54, 1.807) is 19.1 Å². The molecular weight excluding hydrogens is 242 g/mol. The molecule has 0 aliphatic rings. The van der Waals surface area contributed by atoms with E-state index in [9.17, 15) is 4.79 Å². The molecule has 0 bridgehead atoms. The van der Waals surface area contributed by atoms with Gasteiger partial charge in [0.15, 0.2) is 0 Å². The summed E-state index contributed by atoms with van der Waals surface area (Å²) in [5, 5.41) is 12.1. The molecule has 2 rings (SSSR count). The van der Waals surface area contributed by atoms with Gasteiger partial charge in [-0.05, 0) is 31.5 Å². The van der Waals surface area contributed by atoms with Crippen molar-refractivity contribution in [2.45, 2.75) is 19.8 Å². The van der Waals surface area contributed by atoms with E-state index in [-0.39, 0.29) is 0 Å². The van der Waals surface area contributed by atoms with Crippen LogP contribution in [-0.2, 0) is 4.79 Å². The number of rotatable bonds is 4. The third-order valence-corrected chi connectivity index (χ3v) is 2.86. The van der Waals surface area contributed by atoms with E-state index in [2.05, 4.69) is 15.3 Å². The fraction of sp³-hybridized carbons (Fsp3) is 0.214. The highest BCUT2D eigenvalue weighted by Gasteiger charge is 2.12. The summed E-state index contributed by atoms with van der Waals surface area (Å²) in [5.74, 6) is -0.617. The van der Waals surface area contributed by atoms with Crippen molar-refractivity contribution in [2.24, 2.45) is 0 Å². The predicted molar refractivity (Wildman–Crippen MR) is 72.5 cm³/mol. The molecule has 0 saturated heterocycles. The minimum Gasteiger partial charge on any atom is -0.481 e. The van der Waals surface area contributed by atoms with Crippen LogP contribution in [0.15, 0.2) is 36.7 Å². The Balaban J connectivity index is 2.13. The van der Waals surface area contributed by atoms with E-state index in [4.69, 9.17) is 5.11 Å². The lowest BCUT2D eigenvalue weighted by Crippen LogP contribution is -2.07. The van der Waals surface area contributed by atoms with E-state index in [1.165, 1.54) is 6.33 Å². The number of carbonyl (C=O) groups is 1. The quantitative estimate of drug-likeness (QED) is 0.880. The molecule has 1 heterocycles. The van der Waals surface area contributed by atoms with Gasteiger partial charge in [-0.2, -0.15) is 0 Å². The van der Waals surface area contributed by atoms with Crippen LogP contribution >= 0.6 is 0 Å². The maximum absolute atomic E-state index is 10.9. The Morgan fingerprint density at radius 1 is 1.26 bits per heavy atom. The Morgan fingerprint density at radius 2 is 1.95 bits per heavy atom. The van der Waals surface area contributed by atoms with Gasteiger partial charge in [0.05, 0.1) is 5.92 Å². The van der Waals surface area contributed by atoms with Gasteiger partial charge in [-0.3, -0.25) is 4.79 Å². The van der Waals surface area contributed by atoms with Gasteiger partial charge in [0.1, 0.15) is 12.1 Å². The summed E-state index contributed by atoms with van der Waals surface area (Å²) in [6, 6.07) is 9.12. The first-order valence-electron chi connectivity index (χ1n) is 5.94. The predicted octanol–water partition coefficient (Wildman–Crippen LogP) is 2.72. The molecule has 0 spiro atoms. The number of benzene rings is 1. The normalized spacial score (nSPS) is 11.9. The summed E-state index contributed by atoms with van der Waals surface area (Å²) in [6.07, 6.45) is 1.50. The van der Waals surface area contributed by atoms with Gasteiger partial charge in [-0.1, -0.05) is 12.1 Å². The lowest BCUT2D eigenvalue weighted by Gasteiger charge is -2.09. The number of aryl methyl sites for hydroxylation is 1. The highest BCUT2D eigenvalue weighted by Crippen LogP contribution is 2.20. The number of carboxylic acid groups (broad SMARTS) is 1. The molecule has 5 heteroatoms. The molecular formula is C14H15N3O2. The molecule has 0 amide bonds. The fourth-order valence-corrected chi connectivity index (χ4v) is 1.67. The number of carboxylic acids is 1. The van der Waals surface area contributed by atoms with Crippen LogP contribution in [0.2, 0.25) is 0 Å². The summed E-state index contributed by atoms with van der Waals surface area (Å²) in [5.41, 5.74) is 2.52. The van der Waals surface area contributed by atoms with Gasteiger partial charge in [0.2, 0.25) is 0 Å². The van der Waals surface area contributed by atoms with Gasteiger partial charge < -0.3 is 10.4 Å². The smallest absolute Gasteiger partial charge is 0.310 e. The minimum absolute atomic E-state index is 0.504.